The number of hydrogen-bond donors (Lipinski definition) is 0. The molecule has 210 valence electrons. The van der Waals surface area contributed by atoms with Crippen LogP contribution in [0.1, 0.15) is 0 Å². The Balaban J connectivity index is 1.21. The molecule has 3 heterocycles. The lowest BCUT2D eigenvalue weighted by atomic mass is 9.95. The molecule has 0 N–H and O–H groups in total. The normalized spacial score (nSPS) is 11.6. The highest BCUT2D eigenvalue weighted by molar-refractivity contribution is 6.17. The predicted molar refractivity (Wildman–Crippen MR) is 182 cm³/mol. The summed E-state index contributed by atoms with van der Waals surface area (Å²) in [5, 5.41) is 6.67. The first-order chi connectivity index (χ1) is 22.3. The first kappa shape index (κ1) is 25.3. The van der Waals surface area contributed by atoms with E-state index < -0.39 is 0 Å². The summed E-state index contributed by atoms with van der Waals surface area (Å²) in [5.41, 5.74) is 6.66. The van der Waals surface area contributed by atoms with Crippen LogP contribution in [-0.2, 0) is 0 Å². The highest BCUT2D eigenvalue weighted by Gasteiger charge is 2.16. The Kier molecular flexibility index (Phi) is 5.74. The fourth-order valence-electron chi connectivity index (χ4n) is 6.20. The fraction of sp³-hybridized carbons (Fsp3) is 0. The fourth-order valence-corrected chi connectivity index (χ4v) is 6.20. The lowest BCUT2D eigenvalue weighted by molar-refractivity contribution is 0.670. The molecule has 0 unspecified atom stereocenters. The second kappa shape index (κ2) is 10.2. The van der Waals surface area contributed by atoms with Crippen molar-refractivity contribution in [2.75, 3.05) is 0 Å². The first-order valence-corrected chi connectivity index (χ1v) is 14.9. The second-order valence-electron chi connectivity index (χ2n) is 11.1. The minimum absolute atomic E-state index is 0.626. The third-order valence-electron chi connectivity index (χ3n) is 8.41. The van der Waals surface area contributed by atoms with Crippen LogP contribution in [0, 0.1) is 0 Å². The molecule has 0 aliphatic carbocycles. The third-order valence-corrected chi connectivity index (χ3v) is 8.41. The molecule has 0 aliphatic rings. The number of pyridine rings is 1. The molecule has 5 nitrogen and oxygen atoms in total. The van der Waals surface area contributed by atoms with Crippen molar-refractivity contribution in [3.8, 4) is 45.3 Å². The summed E-state index contributed by atoms with van der Waals surface area (Å²) < 4.78 is 6.30. The Morgan fingerprint density at radius 1 is 0.422 bits per heavy atom. The maximum absolute atomic E-state index is 6.30. The van der Waals surface area contributed by atoms with Crippen LogP contribution in [-0.4, -0.2) is 19.9 Å². The van der Waals surface area contributed by atoms with Gasteiger partial charge in [-0.1, -0.05) is 109 Å². The van der Waals surface area contributed by atoms with E-state index in [-0.39, 0.29) is 0 Å². The van der Waals surface area contributed by atoms with Crippen LogP contribution in [0.3, 0.4) is 0 Å². The van der Waals surface area contributed by atoms with Crippen LogP contribution < -0.4 is 0 Å². The van der Waals surface area contributed by atoms with Crippen LogP contribution in [0.15, 0.2) is 150 Å². The van der Waals surface area contributed by atoms with E-state index in [0.29, 0.717) is 17.5 Å². The number of fused-ring (bicyclic) bond motifs is 6. The highest BCUT2D eigenvalue weighted by atomic mass is 16.3. The summed E-state index contributed by atoms with van der Waals surface area (Å²) in [6.07, 6.45) is 3.58. The molecule has 0 atom stereocenters. The zero-order chi connectivity index (χ0) is 29.7. The van der Waals surface area contributed by atoms with Crippen LogP contribution in [0.4, 0.5) is 0 Å². The monoisotopic (exact) mass is 576 g/mol. The number of nitrogens with zero attached hydrogens (tertiary/aromatic N) is 4. The van der Waals surface area contributed by atoms with Crippen LogP contribution in [0.2, 0.25) is 0 Å². The summed E-state index contributed by atoms with van der Waals surface area (Å²) in [4.78, 5) is 19.2. The molecule has 0 bridgehead atoms. The summed E-state index contributed by atoms with van der Waals surface area (Å²) in [6, 6.07) is 45.9. The molecule has 0 saturated carbocycles. The van der Waals surface area contributed by atoms with E-state index >= 15 is 0 Å². The second-order valence-corrected chi connectivity index (χ2v) is 11.1. The predicted octanol–water partition coefficient (Wildman–Crippen LogP) is 10.1. The van der Waals surface area contributed by atoms with Crippen molar-refractivity contribution >= 4 is 43.5 Å². The Hall–Kier alpha value is -6.20. The third kappa shape index (κ3) is 4.33. The van der Waals surface area contributed by atoms with Crippen molar-refractivity contribution in [2.45, 2.75) is 0 Å². The van der Waals surface area contributed by atoms with Crippen molar-refractivity contribution in [3.05, 3.63) is 146 Å². The van der Waals surface area contributed by atoms with Crippen molar-refractivity contribution < 1.29 is 4.42 Å². The summed E-state index contributed by atoms with van der Waals surface area (Å²) in [6.45, 7) is 0. The van der Waals surface area contributed by atoms with Gasteiger partial charge in [-0.05, 0) is 51.6 Å². The van der Waals surface area contributed by atoms with Gasteiger partial charge in [-0.3, -0.25) is 4.98 Å². The molecule has 3 aromatic heterocycles. The van der Waals surface area contributed by atoms with Gasteiger partial charge in [0.1, 0.15) is 5.58 Å². The Morgan fingerprint density at radius 2 is 1.09 bits per heavy atom. The molecule has 0 fully saturated rings. The maximum atomic E-state index is 6.30. The molecule has 6 aromatic carbocycles. The Bertz CT molecular complexity index is 2550. The van der Waals surface area contributed by atoms with Gasteiger partial charge in [-0.25, -0.2) is 15.0 Å². The lowest BCUT2D eigenvalue weighted by Crippen LogP contribution is -2.00. The number of hydrogen-bond acceptors (Lipinski definition) is 5. The van der Waals surface area contributed by atoms with Crippen LogP contribution in [0.5, 0.6) is 0 Å². The smallest absolute Gasteiger partial charge is 0.164 e. The van der Waals surface area contributed by atoms with Gasteiger partial charge in [0.2, 0.25) is 0 Å². The largest absolute Gasteiger partial charge is 0.454 e. The quantitative estimate of drug-likeness (QED) is 0.209. The molecule has 0 aliphatic heterocycles. The van der Waals surface area contributed by atoms with Crippen molar-refractivity contribution in [2.24, 2.45) is 0 Å². The number of aromatic nitrogens is 4. The zero-order valence-electron chi connectivity index (χ0n) is 24.1. The summed E-state index contributed by atoms with van der Waals surface area (Å²) >= 11 is 0. The molecule has 0 radical (unpaired) electrons. The van der Waals surface area contributed by atoms with E-state index in [9.17, 15) is 0 Å². The zero-order valence-corrected chi connectivity index (χ0v) is 24.1. The number of rotatable bonds is 4. The average Bonchev–Trinajstić information content (AvgIpc) is 3.51. The SMILES string of the molecule is c1ccc(-c2nc(-c3cccc(-c4cccc5c4ccc4c6ccncc6oc54)c3)nc(-c3ccc4ccccc4c3)n2)cc1. The van der Waals surface area contributed by atoms with Gasteiger partial charge in [-0.2, -0.15) is 0 Å². The molecular weight excluding hydrogens is 552 g/mol. The van der Waals surface area contributed by atoms with Crippen molar-refractivity contribution in [3.63, 3.8) is 0 Å². The van der Waals surface area contributed by atoms with E-state index in [4.69, 9.17) is 19.4 Å². The van der Waals surface area contributed by atoms with Gasteiger partial charge in [0, 0.05) is 39.0 Å². The van der Waals surface area contributed by atoms with E-state index in [1.165, 1.54) is 5.39 Å². The molecule has 45 heavy (non-hydrogen) atoms. The molecule has 5 heteroatoms. The van der Waals surface area contributed by atoms with Gasteiger partial charge >= 0.3 is 0 Å². The molecule has 0 spiro atoms. The minimum Gasteiger partial charge on any atom is -0.454 e. The van der Waals surface area contributed by atoms with Crippen LogP contribution >= 0.6 is 0 Å². The average molecular weight is 577 g/mol. The molecule has 9 aromatic rings. The minimum atomic E-state index is 0.626. The molecule has 9 rings (SSSR count). The van der Waals surface area contributed by atoms with E-state index in [0.717, 1.165) is 65.9 Å². The van der Waals surface area contributed by atoms with E-state index in [2.05, 4.69) is 102 Å². The Labute approximate surface area is 258 Å². The lowest BCUT2D eigenvalue weighted by Gasteiger charge is -2.11. The number of furan rings is 1. The van der Waals surface area contributed by atoms with Crippen LogP contribution in [0.25, 0.3) is 88.8 Å². The van der Waals surface area contributed by atoms with E-state index in [1.54, 1.807) is 12.4 Å². The Morgan fingerprint density at radius 3 is 1.96 bits per heavy atom. The number of benzene rings is 6. The van der Waals surface area contributed by atoms with Gasteiger partial charge < -0.3 is 4.42 Å². The summed E-state index contributed by atoms with van der Waals surface area (Å²) in [7, 11) is 0. The van der Waals surface area contributed by atoms with Crippen molar-refractivity contribution in [1.82, 2.24) is 19.9 Å². The van der Waals surface area contributed by atoms with Gasteiger partial charge in [0.25, 0.3) is 0 Å². The van der Waals surface area contributed by atoms with Gasteiger partial charge in [0.15, 0.2) is 23.1 Å². The maximum Gasteiger partial charge on any atom is 0.164 e. The van der Waals surface area contributed by atoms with Gasteiger partial charge in [-0.15, -0.1) is 0 Å². The molecule has 0 amide bonds. The van der Waals surface area contributed by atoms with Crippen molar-refractivity contribution in [1.29, 1.82) is 0 Å². The highest BCUT2D eigenvalue weighted by Crippen LogP contribution is 2.38. The van der Waals surface area contributed by atoms with Gasteiger partial charge in [0.05, 0.1) is 6.20 Å². The van der Waals surface area contributed by atoms with E-state index in [1.807, 2.05) is 36.4 Å². The topological polar surface area (TPSA) is 64.7 Å². The first-order valence-electron chi connectivity index (χ1n) is 14.9. The summed E-state index contributed by atoms with van der Waals surface area (Å²) in [5.74, 6) is 1.91. The standard InChI is InChI=1S/C40H24N4O/c1-2-9-26(10-3-1)38-42-39(44-40(43-38)30-17-16-25-8-4-5-11-27(25)22-30)29-13-6-12-28(23-29)31-14-7-15-34-32(31)18-19-35-33-20-21-41-24-36(33)45-37(34)35/h1-24H. The molecule has 0 saturated heterocycles. The molecular formula is C40H24N4O.